The number of hydrogen-bond donors (Lipinski definition) is 1. The zero-order valence-corrected chi connectivity index (χ0v) is 18.1. The Labute approximate surface area is 183 Å². The molecule has 31 heavy (non-hydrogen) atoms. The first-order chi connectivity index (χ1) is 15.0. The molecule has 2 atom stereocenters. The highest BCUT2D eigenvalue weighted by atomic mass is 19.1. The van der Waals surface area contributed by atoms with Crippen LogP contribution in [0.5, 0.6) is 0 Å². The van der Waals surface area contributed by atoms with Crippen molar-refractivity contribution in [1.82, 2.24) is 10.2 Å². The van der Waals surface area contributed by atoms with E-state index in [0.717, 1.165) is 11.5 Å². The van der Waals surface area contributed by atoms with Crippen LogP contribution in [0.25, 0.3) is 0 Å². The summed E-state index contributed by atoms with van der Waals surface area (Å²) in [4.78, 5) is 26.8. The SMILES string of the molecule is CC1CC1c1ccc(CCC(=O)N2CCC(C(=O)NCCc3ccccc3F)CC2)o1. The average molecular weight is 427 g/mol. The lowest BCUT2D eigenvalue weighted by Gasteiger charge is -2.31. The molecule has 166 valence electrons. The normalized spacial score (nSPS) is 21.2. The molecule has 1 aromatic carbocycles. The van der Waals surface area contributed by atoms with E-state index < -0.39 is 0 Å². The second-order valence-electron chi connectivity index (χ2n) is 8.91. The first kappa shape index (κ1) is 21.6. The van der Waals surface area contributed by atoms with Crippen molar-refractivity contribution < 1.29 is 18.4 Å². The van der Waals surface area contributed by atoms with E-state index >= 15 is 0 Å². The van der Waals surface area contributed by atoms with Crippen molar-refractivity contribution in [2.45, 2.75) is 51.4 Å². The van der Waals surface area contributed by atoms with Gasteiger partial charge in [-0.1, -0.05) is 25.1 Å². The van der Waals surface area contributed by atoms with Gasteiger partial charge in [0.25, 0.3) is 0 Å². The third-order valence-corrected chi connectivity index (χ3v) is 6.61. The molecular formula is C25H31FN2O3. The Balaban J connectivity index is 1.15. The maximum atomic E-state index is 13.7. The molecule has 2 amide bonds. The van der Waals surface area contributed by atoms with Gasteiger partial charge in [0.2, 0.25) is 11.8 Å². The summed E-state index contributed by atoms with van der Waals surface area (Å²) in [6.07, 6.45) is 4.06. The van der Waals surface area contributed by atoms with Crippen molar-refractivity contribution in [3.8, 4) is 0 Å². The number of hydrogen-bond acceptors (Lipinski definition) is 3. The predicted octanol–water partition coefficient (Wildman–Crippen LogP) is 4.07. The zero-order chi connectivity index (χ0) is 21.8. The smallest absolute Gasteiger partial charge is 0.223 e. The molecule has 2 aromatic rings. The lowest BCUT2D eigenvalue weighted by atomic mass is 9.95. The summed E-state index contributed by atoms with van der Waals surface area (Å²) in [5, 5.41) is 2.92. The first-order valence-corrected chi connectivity index (χ1v) is 11.4. The second-order valence-corrected chi connectivity index (χ2v) is 8.91. The molecule has 1 saturated heterocycles. The van der Waals surface area contributed by atoms with Crippen LogP contribution in [0, 0.1) is 17.7 Å². The van der Waals surface area contributed by atoms with Crippen molar-refractivity contribution in [2.24, 2.45) is 11.8 Å². The van der Waals surface area contributed by atoms with Gasteiger partial charge in [-0.25, -0.2) is 4.39 Å². The number of carbonyl (C=O) groups is 2. The highest BCUT2D eigenvalue weighted by molar-refractivity contribution is 5.80. The van der Waals surface area contributed by atoms with Gasteiger partial charge in [0.15, 0.2) is 0 Å². The molecule has 2 fully saturated rings. The van der Waals surface area contributed by atoms with E-state index in [1.807, 2.05) is 17.0 Å². The van der Waals surface area contributed by atoms with Crippen molar-refractivity contribution in [2.75, 3.05) is 19.6 Å². The van der Waals surface area contributed by atoms with Gasteiger partial charge in [0.1, 0.15) is 17.3 Å². The van der Waals surface area contributed by atoms with E-state index in [1.165, 1.54) is 12.5 Å². The molecule has 0 spiro atoms. The number of likely N-dealkylation sites (tertiary alicyclic amines) is 1. The number of carbonyl (C=O) groups excluding carboxylic acids is 2. The van der Waals surface area contributed by atoms with Crippen LogP contribution in [0.2, 0.25) is 0 Å². The summed E-state index contributed by atoms with van der Waals surface area (Å²) in [5.41, 5.74) is 0.610. The number of nitrogens with one attached hydrogen (secondary N) is 1. The van der Waals surface area contributed by atoms with Gasteiger partial charge in [-0.3, -0.25) is 9.59 Å². The fourth-order valence-corrected chi connectivity index (χ4v) is 4.39. The summed E-state index contributed by atoms with van der Waals surface area (Å²) in [6.45, 7) is 3.85. The number of amides is 2. The van der Waals surface area contributed by atoms with Gasteiger partial charge < -0.3 is 14.6 Å². The Kier molecular flexibility index (Phi) is 6.73. The van der Waals surface area contributed by atoms with E-state index in [2.05, 4.69) is 12.2 Å². The molecular weight excluding hydrogens is 395 g/mol. The number of nitrogens with zero attached hydrogens (tertiary/aromatic N) is 1. The number of aryl methyl sites for hydroxylation is 1. The lowest BCUT2D eigenvalue weighted by Crippen LogP contribution is -2.43. The van der Waals surface area contributed by atoms with Crippen LogP contribution >= 0.6 is 0 Å². The molecule has 2 unspecified atom stereocenters. The maximum Gasteiger partial charge on any atom is 0.223 e. The average Bonchev–Trinajstić information content (AvgIpc) is 3.32. The van der Waals surface area contributed by atoms with Gasteiger partial charge in [0.05, 0.1) is 0 Å². The fraction of sp³-hybridized carbons (Fsp3) is 0.520. The Bertz CT molecular complexity index is 917. The number of rotatable bonds is 8. The minimum atomic E-state index is -0.239. The summed E-state index contributed by atoms with van der Waals surface area (Å²) in [5.74, 6) is 3.00. The van der Waals surface area contributed by atoms with Crippen LogP contribution in [0.15, 0.2) is 40.8 Å². The molecule has 6 heteroatoms. The highest BCUT2D eigenvalue weighted by Crippen LogP contribution is 2.47. The van der Waals surface area contributed by atoms with E-state index in [0.29, 0.717) is 69.1 Å². The molecule has 0 radical (unpaired) electrons. The summed E-state index contributed by atoms with van der Waals surface area (Å²) in [7, 11) is 0. The predicted molar refractivity (Wildman–Crippen MR) is 116 cm³/mol. The molecule has 1 aromatic heterocycles. The van der Waals surface area contributed by atoms with Gasteiger partial charge in [0, 0.05) is 44.3 Å². The number of halogens is 1. The van der Waals surface area contributed by atoms with Crippen LogP contribution in [0.3, 0.4) is 0 Å². The molecule has 1 N–H and O–H groups in total. The third kappa shape index (κ3) is 5.54. The second kappa shape index (κ2) is 9.67. The van der Waals surface area contributed by atoms with Crippen LogP contribution < -0.4 is 5.32 Å². The Morgan fingerprint density at radius 2 is 1.87 bits per heavy atom. The molecule has 1 saturated carbocycles. The first-order valence-electron chi connectivity index (χ1n) is 11.4. The molecule has 1 aliphatic carbocycles. The van der Waals surface area contributed by atoms with Crippen molar-refractivity contribution >= 4 is 11.8 Å². The van der Waals surface area contributed by atoms with E-state index in [-0.39, 0.29) is 23.5 Å². The summed E-state index contributed by atoms with van der Waals surface area (Å²) < 4.78 is 19.6. The Hall–Kier alpha value is -2.63. The van der Waals surface area contributed by atoms with Crippen LogP contribution in [0.4, 0.5) is 4.39 Å². The minimum absolute atomic E-state index is 0.000794. The van der Waals surface area contributed by atoms with Gasteiger partial charge in [-0.05, 0) is 55.4 Å². The number of furan rings is 1. The molecule has 4 rings (SSSR count). The topological polar surface area (TPSA) is 62.6 Å². The zero-order valence-electron chi connectivity index (χ0n) is 18.1. The minimum Gasteiger partial charge on any atom is -0.466 e. The quantitative estimate of drug-likeness (QED) is 0.692. The molecule has 2 heterocycles. The molecule has 1 aliphatic heterocycles. The fourth-order valence-electron chi connectivity index (χ4n) is 4.39. The lowest BCUT2D eigenvalue weighted by molar-refractivity contribution is -0.135. The van der Waals surface area contributed by atoms with Crippen LogP contribution in [-0.4, -0.2) is 36.3 Å². The summed E-state index contributed by atoms with van der Waals surface area (Å²) >= 11 is 0. The summed E-state index contributed by atoms with van der Waals surface area (Å²) in [6, 6.07) is 10.7. The van der Waals surface area contributed by atoms with Crippen molar-refractivity contribution in [3.63, 3.8) is 0 Å². The molecule has 0 bridgehead atoms. The highest BCUT2D eigenvalue weighted by Gasteiger charge is 2.36. The third-order valence-electron chi connectivity index (χ3n) is 6.61. The van der Waals surface area contributed by atoms with E-state index in [4.69, 9.17) is 4.42 Å². The maximum absolute atomic E-state index is 13.7. The molecule has 2 aliphatic rings. The number of benzene rings is 1. The van der Waals surface area contributed by atoms with Gasteiger partial charge >= 0.3 is 0 Å². The Morgan fingerprint density at radius 3 is 2.58 bits per heavy atom. The van der Waals surface area contributed by atoms with Crippen molar-refractivity contribution in [1.29, 1.82) is 0 Å². The monoisotopic (exact) mass is 426 g/mol. The van der Waals surface area contributed by atoms with Crippen molar-refractivity contribution in [3.05, 3.63) is 59.3 Å². The molecule has 5 nitrogen and oxygen atoms in total. The van der Waals surface area contributed by atoms with Gasteiger partial charge in [-0.2, -0.15) is 0 Å². The van der Waals surface area contributed by atoms with Crippen LogP contribution in [-0.2, 0) is 22.4 Å². The standard InChI is InChI=1S/C25H31FN2O3/c1-17-16-21(17)23-8-6-20(31-23)7-9-24(29)28-14-11-19(12-15-28)25(30)27-13-10-18-4-2-3-5-22(18)26/h2-6,8,17,19,21H,7,9-16H2,1H3,(H,27,30). The van der Waals surface area contributed by atoms with Crippen LogP contribution in [0.1, 0.15) is 55.6 Å². The van der Waals surface area contributed by atoms with Gasteiger partial charge in [-0.15, -0.1) is 0 Å². The van der Waals surface area contributed by atoms with E-state index in [1.54, 1.807) is 18.2 Å². The largest absolute Gasteiger partial charge is 0.466 e. The van der Waals surface area contributed by atoms with E-state index in [9.17, 15) is 14.0 Å². The Morgan fingerprint density at radius 1 is 1.13 bits per heavy atom. The number of piperidine rings is 1.